The lowest BCUT2D eigenvalue weighted by molar-refractivity contribution is 0.0916. The molecule has 0 unspecified atom stereocenters. The topological polar surface area (TPSA) is 49.3 Å². The molecule has 0 spiro atoms. The highest BCUT2D eigenvalue weighted by molar-refractivity contribution is 6.31. The van der Waals surface area contributed by atoms with Gasteiger partial charge in [0.2, 0.25) is 0 Å². The van der Waals surface area contributed by atoms with Gasteiger partial charge in [0.05, 0.1) is 12.6 Å². The molecule has 0 radical (unpaired) electrons. The van der Waals surface area contributed by atoms with Gasteiger partial charge in [0.1, 0.15) is 0 Å². The van der Waals surface area contributed by atoms with Crippen molar-refractivity contribution in [1.82, 2.24) is 5.32 Å². The lowest BCUT2D eigenvalue weighted by atomic mass is 10.1. The molecular formula is C16H16ClNO2. The summed E-state index contributed by atoms with van der Waals surface area (Å²) in [6.07, 6.45) is 0. The normalized spacial score (nSPS) is 11.9. The van der Waals surface area contributed by atoms with E-state index in [1.807, 2.05) is 37.3 Å². The second-order valence-electron chi connectivity index (χ2n) is 4.64. The first-order chi connectivity index (χ1) is 9.60. The second kappa shape index (κ2) is 6.55. The summed E-state index contributed by atoms with van der Waals surface area (Å²) in [6, 6.07) is 14.1. The van der Waals surface area contributed by atoms with Crippen LogP contribution in [0.5, 0.6) is 0 Å². The highest BCUT2D eigenvalue weighted by Crippen LogP contribution is 2.17. The third-order valence-corrected chi connectivity index (χ3v) is 3.21. The number of aliphatic hydroxyl groups excluding tert-OH is 1. The number of benzene rings is 2. The van der Waals surface area contributed by atoms with Crippen LogP contribution in [0.25, 0.3) is 0 Å². The fraction of sp³-hybridized carbons (Fsp3) is 0.188. The molecule has 0 aliphatic carbocycles. The van der Waals surface area contributed by atoms with Gasteiger partial charge in [-0.05, 0) is 36.2 Å². The Hall–Kier alpha value is -1.84. The van der Waals surface area contributed by atoms with Crippen LogP contribution >= 0.6 is 11.6 Å². The van der Waals surface area contributed by atoms with Crippen LogP contribution in [0.2, 0.25) is 5.02 Å². The predicted octanol–water partition coefficient (Wildman–Crippen LogP) is 3.11. The number of hydrogen-bond acceptors (Lipinski definition) is 2. The summed E-state index contributed by atoms with van der Waals surface area (Å²) in [5, 5.41) is 12.8. The van der Waals surface area contributed by atoms with E-state index in [0.717, 1.165) is 11.1 Å². The fourth-order valence-electron chi connectivity index (χ4n) is 2.03. The number of hydrogen-bond donors (Lipinski definition) is 2. The van der Waals surface area contributed by atoms with Crippen molar-refractivity contribution in [3.05, 3.63) is 70.2 Å². The summed E-state index contributed by atoms with van der Waals surface area (Å²) in [5.41, 5.74) is 2.27. The fourth-order valence-corrected chi connectivity index (χ4v) is 2.32. The van der Waals surface area contributed by atoms with Crippen LogP contribution in [-0.4, -0.2) is 17.6 Å². The van der Waals surface area contributed by atoms with E-state index in [0.29, 0.717) is 10.6 Å². The van der Waals surface area contributed by atoms with Gasteiger partial charge in [-0.15, -0.1) is 0 Å². The molecule has 0 saturated heterocycles. The Morgan fingerprint density at radius 3 is 2.55 bits per heavy atom. The van der Waals surface area contributed by atoms with Crippen molar-refractivity contribution >= 4 is 17.5 Å². The van der Waals surface area contributed by atoms with Crippen LogP contribution in [0.3, 0.4) is 0 Å². The Bertz CT molecular complexity index is 578. The van der Waals surface area contributed by atoms with Crippen LogP contribution in [0.1, 0.15) is 27.5 Å². The van der Waals surface area contributed by atoms with Crippen molar-refractivity contribution in [1.29, 1.82) is 0 Å². The molecule has 0 aliphatic rings. The van der Waals surface area contributed by atoms with Gasteiger partial charge in [-0.1, -0.05) is 41.9 Å². The smallest absolute Gasteiger partial charge is 0.251 e. The Morgan fingerprint density at radius 2 is 1.95 bits per heavy atom. The Balaban J connectivity index is 2.17. The maximum Gasteiger partial charge on any atom is 0.251 e. The van der Waals surface area contributed by atoms with E-state index >= 15 is 0 Å². The van der Waals surface area contributed by atoms with Gasteiger partial charge in [-0.2, -0.15) is 0 Å². The average Bonchev–Trinajstić information content (AvgIpc) is 2.44. The number of amides is 1. The van der Waals surface area contributed by atoms with E-state index < -0.39 is 6.04 Å². The summed E-state index contributed by atoms with van der Waals surface area (Å²) in [6.45, 7) is 1.72. The van der Waals surface area contributed by atoms with Crippen LogP contribution in [0.4, 0.5) is 0 Å². The van der Waals surface area contributed by atoms with Crippen molar-refractivity contribution in [3.8, 4) is 0 Å². The molecule has 104 valence electrons. The molecule has 2 aromatic rings. The summed E-state index contributed by atoms with van der Waals surface area (Å²) < 4.78 is 0. The predicted molar refractivity (Wildman–Crippen MR) is 79.9 cm³/mol. The zero-order chi connectivity index (χ0) is 14.5. The van der Waals surface area contributed by atoms with Gasteiger partial charge in [0.15, 0.2) is 0 Å². The highest BCUT2D eigenvalue weighted by atomic mass is 35.5. The van der Waals surface area contributed by atoms with E-state index in [4.69, 9.17) is 11.6 Å². The van der Waals surface area contributed by atoms with E-state index in [-0.39, 0.29) is 12.5 Å². The van der Waals surface area contributed by atoms with Crippen LogP contribution < -0.4 is 5.32 Å². The number of carbonyl (C=O) groups excluding carboxylic acids is 1. The van der Waals surface area contributed by atoms with Gasteiger partial charge in [0, 0.05) is 10.6 Å². The number of rotatable bonds is 4. The molecule has 2 N–H and O–H groups in total. The molecule has 0 aromatic heterocycles. The van der Waals surface area contributed by atoms with Gasteiger partial charge >= 0.3 is 0 Å². The summed E-state index contributed by atoms with van der Waals surface area (Å²) in [7, 11) is 0. The number of carbonyl (C=O) groups is 1. The number of halogens is 1. The molecule has 1 amide bonds. The third-order valence-electron chi connectivity index (χ3n) is 2.99. The molecule has 4 heteroatoms. The van der Waals surface area contributed by atoms with Crippen LogP contribution in [-0.2, 0) is 0 Å². The quantitative estimate of drug-likeness (QED) is 0.908. The minimum absolute atomic E-state index is 0.157. The van der Waals surface area contributed by atoms with E-state index in [2.05, 4.69) is 5.32 Å². The first-order valence-corrected chi connectivity index (χ1v) is 6.72. The van der Waals surface area contributed by atoms with Gasteiger partial charge < -0.3 is 10.4 Å². The summed E-state index contributed by atoms with van der Waals surface area (Å²) >= 11 is 5.95. The maximum atomic E-state index is 12.2. The SMILES string of the molecule is Cc1cc(Cl)cc(C(=O)N[C@@H](CO)c2ccccc2)c1. The lowest BCUT2D eigenvalue weighted by Gasteiger charge is -2.17. The Labute approximate surface area is 123 Å². The summed E-state index contributed by atoms with van der Waals surface area (Å²) in [4.78, 5) is 12.2. The van der Waals surface area contributed by atoms with Crippen LogP contribution in [0.15, 0.2) is 48.5 Å². The first-order valence-electron chi connectivity index (χ1n) is 6.34. The zero-order valence-corrected chi connectivity index (χ0v) is 11.9. The third kappa shape index (κ3) is 3.59. The van der Waals surface area contributed by atoms with Crippen molar-refractivity contribution in [2.75, 3.05) is 6.61 Å². The Kier molecular flexibility index (Phi) is 4.77. The largest absolute Gasteiger partial charge is 0.394 e. The minimum atomic E-state index is -0.428. The van der Waals surface area contributed by atoms with Crippen molar-refractivity contribution in [2.24, 2.45) is 0 Å². The van der Waals surface area contributed by atoms with Gasteiger partial charge in [0.25, 0.3) is 5.91 Å². The van der Waals surface area contributed by atoms with Crippen molar-refractivity contribution in [2.45, 2.75) is 13.0 Å². The lowest BCUT2D eigenvalue weighted by Crippen LogP contribution is -2.30. The van der Waals surface area contributed by atoms with Crippen molar-refractivity contribution in [3.63, 3.8) is 0 Å². The van der Waals surface area contributed by atoms with Crippen molar-refractivity contribution < 1.29 is 9.90 Å². The van der Waals surface area contributed by atoms with E-state index in [1.54, 1.807) is 18.2 Å². The average molecular weight is 290 g/mol. The molecule has 0 saturated carbocycles. The molecule has 2 aromatic carbocycles. The molecule has 3 nitrogen and oxygen atoms in total. The molecule has 2 rings (SSSR count). The van der Waals surface area contributed by atoms with Gasteiger partial charge in [-0.3, -0.25) is 4.79 Å². The Morgan fingerprint density at radius 1 is 1.25 bits per heavy atom. The first kappa shape index (κ1) is 14.6. The monoisotopic (exact) mass is 289 g/mol. The van der Waals surface area contributed by atoms with E-state index in [9.17, 15) is 9.90 Å². The van der Waals surface area contributed by atoms with E-state index in [1.165, 1.54) is 0 Å². The number of aryl methyl sites for hydroxylation is 1. The number of aliphatic hydroxyl groups is 1. The van der Waals surface area contributed by atoms with Gasteiger partial charge in [-0.25, -0.2) is 0 Å². The second-order valence-corrected chi connectivity index (χ2v) is 5.07. The molecule has 0 aliphatic heterocycles. The minimum Gasteiger partial charge on any atom is -0.394 e. The molecule has 0 fully saturated rings. The number of nitrogens with one attached hydrogen (secondary N) is 1. The standard InChI is InChI=1S/C16H16ClNO2/c1-11-7-13(9-14(17)8-11)16(20)18-15(10-19)12-5-3-2-4-6-12/h2-9,15,19H,10H2,1H3,(H,18,20)/t15-/m0/s1. The summed E-state index contributed by atoms with van der Waals surface area (Å²) in [5.74, 6) is -0.251. The molecule has 20 heavy (non-hydrogen) atoms. The molecule has 1 atom stereocenters. The molecule has 0 bridgehead atoms. The highest BCUT2D eigenvalue weighted by Gasteiger charge is 2.15. The molecule has 0 heterocycles. The zero-order valence-electron chi connectivity index (χ0n) is 11.1. The van der Waals surface area contributed by atoms with Crippen LogP contribution in [0, 0.1) is 6.92 Å². The molecular weight excluding hydrogens is 274 g/mol. The maximum absolute atomic E-state index is 12.2.